The zero-order valence-corrected chi connectivity index (χ0v) is 13.3. The van der Waals surface area contributed by atoms with E-state index >= 15 is 0 Å². The van der Waals surface area contributed by atoms with Crippen LogP contribution in [-0.4, -0.2) is 15.5 Å². The molecule has 2 heterocycles. The standard InChI is InChI=1S/C18H13N4O3/c1-11-15(24-10-16-19-21-22-20-16)8-7-13-14(9-17(23)25-18(11)13)12-5-3-2-4-6-12/h2-9H,10H2,1H3/q-1. The zero-order chi connectivity index (χ0) is 17.2. The van der Waals surface area contributed by atoms with Gasteiger partial charge in [0.1, 0.15) is 17.9 Å². The van der Waals surface area contributed by atoms with E-state index in [0.717, 1.165) is 22.1 Å². The average Bonchev–Trinajstić information content (AvgIpc) is 3.15. The second-order valence-electron chi connectivity index (χ2n) is 5.49. The van der Waals surface area contributed by atoms with Crippen molar-refractivity contribution >= 4 is 11.0 Å². The Kier molecular flexibility index (Phi) is 3.74. The maximum absolute atomic E-state index is 12.0. The lowest BCUT2D eigenvalue weighted by atomic mass is 10.0. The van der Waals surface area contributed by atoms with Crippen molar-refractivity contribution in [1.82, 2.24) is 20.6 Å². The monoisotopic (exact) mass is 333 g/mol. The van der Waals surface area contributed by atoms with Crippen LogP contribution < -0.4 is 15.5 Å². The molecule has 7 nitrogen and oxygen atoms in total. The first kappa shape index (κ1) is 15.1. The lowest BCUT2D eigenvalue weighted by Crippen LogP contribution is -2.03. The average molecular weight is 333 g/mol. The van der Waals surface area contributed by atoms with Crippen molar-refractivity contribution < 1.29 is 9.15 Å². The lowest BCUT2D eigenvalue weighted by molar-refractivity contribution is 0.293. The van der Waals surface area contributed by atoms with Crippen LogP contribution in [0.15, 0.2) is 57.7 Å². The van der Waals surface area contributed by atoms with E-state index in [1.165, 1.54) is 6.07 Å². The zero-order valence-electron chi connectivity index (χ0n) is 13.3. The van der Waals surface area contributed by atoms with Crippen molar-refractivity contribution in [3.05, 3.63) is 70.3 Å². The van der Waals surface area contributed by atoms with Gasteiger partial charge in [0.2, 0.25) is 0 Å². The molecule has 0 atom stereocenters. The van der Waals surface area contributed by atoms with Gasteiger partial charge < -0.3 is 14.3 Å². The summed E-state index contributed by atoms with van der Waals surface area (Å²) in [4.78, 5) is 12.0. The number of hydrogen-bond donors (Lipinski definition) is 0. The van der Waals surface area contributed by atoms with Crippen LogP contribution in [0.1, 0.15) is 11.4 Å². The number of benzene rings is 2. The minimum Gasteiger partial charge on any atom is -0.488 e. The summed E-state index contributed by atoms with van der Waals surface area (Å²) < 4.78 is 11.1. The predicted octanol–water partition coefficient (Wildman–Crippen LogP) is 2.49. The van der Waals surface area contributed by atoms with Crippen LogP contribution in [0.3, 0.4) is 0 Å². The number of fused-ring (bicyclic) bond motifs is 1. The molecule has 0 radical (unpaired) electrons. The van der Waals surface area contributed by atoms with Gasteiger partial charge in [0.15, 0.2) is 0 Å². The van der Waals surface area contributed by atoms with Gasteiger partial charge in [0.25, 0.3) is 0 Å². The van der Waals surface area contributed by atoms with Crippen molar-refractivity contribution in [3.63, 3.8) is 0 Å². The highest BCUT2D eigenvalue weighted by Crippen LogP contribution is 2.33. The summed E-state index contributed by atoms with van der Waals surface area (Å²) >= 11 is 0. The number of nitrogens with zero attached hydrogens (tertiary/aromatic N) is 4. The molecule has 2 aromatic heterocycles. The van der Waals surface area contributed by atoms with Gasteiger partial charge in [-0.05, 0) is 30.2 Å². The van der Waals surface area contributed by atoms with Crippen molar-refractivity contribution in [3.8, 4) is 16.9 Å². The van der Waals surface area contributed by atoms with E-state index in [1.54, 1.807) is 0 Å². The van der Waals surface area contributed by atoms with Crippen LogP contribution in [0.5, 0.6) is 5.75 Å². The lowest BCUT2D eigenvalue weighted by Gasteiger charge is -2.12. The molecule has 0 amide bonds. The first-order chi connectivity index (χ1) is 12.2. The van der Waals surface area contributed by atoms with E-state index in [1.807, 2.05) is 49.4 Å². The molecule has 4 rings (SSSR count). The van der Waals surface area contributed by atoms with Crippen LogP contribution in [0, 0.1) is 6.92 Å². The Labute approximate surface area is 142 Å². The molecule has 4 aromatic rings. The van der Waals surface area contributed by atoms with Crippen LogP contribution in [0.2, 0.25) is 0 Å². The minimum absolute atomic E-state index is 0.141. The number of rotatable bonds is 4. The molecular formula is C18H13N4O3-. The molecule has 0 N–H and O–H groups in total. The SMILES string of the molecule is Cc1c(OCc2nnn[n-]2)ccc2c(-c3ccccc3)cc(=O)oc12. The van der Waals surface area contributed by atoms with E-state index < -0.39 is 5.63 Å². The summed E-state index contributed by atoms with van der Waals surface area (Å²) in [5.74, 6) is 0.977. The van der Waals surface area contributed by atoms with Gasteiger partial charge in [0.05, 0.1) is 0 Å². The molecule has 0 aliphatic heterocycles. The van der Waals surface area contributed by atoms with Crippen molar-refractivity contribution in [2.75, 3.05) is 0 Å². The van der Waals surface area contributed by atoms with Gasteiger partial charge in [-0.15, -0.1) is 0 Å². The van der Waals surface area contributed by atoms with Crippen LogP contribution in [0.4, 0.5) is 0 Å². The topological polar surface area (TPSA) is 92.2 Å². The fraction of sp³-hybridized carbons (Fsp3) is 0.111. The fourth-order valence-corrected chi connectivity index (χ4v) is 2.72. The quantitative estimate of drug-likeness (QED) is 0.530. The van der Waals surface area contributed by atoms with Gasteiger partial charge in [-0.2, -0.15) is 5.21 Å². The Morgan fingerprint density at radius 1 is 1.16 bits per heavy atom. The largest absolute Gasteiger partial charge is 0.488 e. The van der Waals surface area contributed by atoms with Crippen LogP contribution in [-0.2, 0) is 6.61 Å². The molecule has 0 bridgehead atoms. The summed E-state index contributed by atoms with van der Waals surface area (Å²) in [6.07, 6.45) is 0. The molecular weight excluding hydrogens is 320 g/mol. The Bertz CT molecular complexity index is 1070. The number of tetrazole rings is 1. The van der Waals surface area contributed by atoms with Crippen molar-refractivity contribution in [2.45, 2.75) is 13.5 Å². The van der Waals surface area contributed by atoms with Gasteiger partial charge in [-0.25, -0.2) is 4.79 Å². The van der Waals surface area contributed by atoms with Crippen LogP contribution in [0.25, 0.3) is 22.1 Å². The van der Waals surface area contributed by atoms with Crippen LogP contribution >= 0.6 is 0 Å². The normalized spacial score (nSPS) is 10.9. The van der Waals surface area contributed by atoms with Gasteiger partial charge in [-0.1, -0.05) is 30.3 Å². The first-order valence-corrected chi connectivity index (χ1v) is 7.65. The number of hydrogen-bond acceptors (Lipinski definition) is 6. The molecule has 0 spiro atoms. The highest BCUT2D eigenvalue weighted by molar-refractivity contribution is 5.95. The molecule has 0 unspecified atom stereocenters. The maximum Gasteiger partial charge on any atom is 0.336 e. The van der Waals surface area contributed by atoms with Crippen molar-refractivity contribution in [1.29, 1.82) is 0 Å². The highest BCUT2D eigenvalue weighted by Gasteiger charge is 2.13. The molecule has 0 aliphatic carbocycles. The van der Waals surface area contributed by atoms with Gasteiger partial charge >= 0.3 is 5.63 Å². The number of aromatic nitrogens is 4. The smallest absolute Gasteiger partial charge is 0.336 e. The Morgan fingerprint density at radius 3 is 2.76 bits per heavy atom. The predicted molar refractivity (Wildman–Crippen MR) is 90.1 cm³/mol. The molecule has 0 saturated heterocycles. The van der Waals surface area contributed by atoms with Gasteiger partial charge in [-0.3, -0.25) is 10.3 Å². The molecule has 124 valence electrons. The van der Waals surface area contributed by atoms with E-state index in [9.17, 15) is 4.79 Å². The second kappa shape index (κ2) is 6.20. The van der Waals surface area contributed by atoms with E-state index in [0.29, 0.717) is 17.2 Å². The summed E-state index contributed by atoms with van der Waals surface area (Å²) in [6.45, 7) is 1.99. The molecule has 0 aliphatic rings. The van der Waals surface area contributed by atoms with E-state index in [2.05, 4.69) is 20.6 Å². The Balaban J connectivity index is 1.80. The minimum atomic E-state index is -0.403. The number of aryl methyl sites for hydroxylation is 1. The third-order valence-corrected chi connectivity index (χ3v) is 3.91. The molecule has 25 heavy (non-hydrogen) atoms. The first-order valence-electron chi connectivity index (χ1n) is 7.65. The molecule has 0 fully saturated rings. The molecule has 2 aromatic carbocycles. The summed E-state index contributed by atoms with van der Waals surface area (Å²) in [7, 11) is 0. The third-order valence-electron chi connectivity index (χ3n) is 3.91. The van der Waals surface area contributed by atoms with Crippen molar-refractivity contribution in [2.24, 2.45) is 0 Å². The second-order valence-corrected chi connectivity index (χ2v) is 5.49. The molecule has 0 saturated carbocycles. The molecule has 7 heteroatoms. The van der Waals surface area contributed by atoms with E-state index in [4.69, 9.17) is 9.15 Å². The maximum atomic E-state index is 12.0. The fourth-order valence-electron chi connectivity index (χ4n) is 2.72. The Hall–Kier alpha value is -3.48. The summed E-state index contributed by atoms with van der Waals surface area (Å²) in [5.41, 5.74) is 2.62. The Morgan fingerprint density at radius 2 is 2.00 bits per heavy atom. The summed E-state index contributed by atoms with van der Waals surface area (Å²) in [6, 6.07) is 14.9. The summed E-state index contributed by atoms with van der Waals surface area (Å²) in [5, 5.41) is 15.1. The number of ether oxygens (including phenoxy) is 1. The third kappa shape index (κ3) is 2.87. The van der Waals surface area contributed by atoms with Gasteiger partial charge in [0, 0.05) is 22.8 Å². The highest BCUT2D eigenvalue weighted by atomic mass is 16.5. The van der Waals surface area contributed by atoms with E-state index in [-0.39, 0.29) is 6.61 Å².